The van der Waals surface area contributed by atoms with Crippen molar-refractivity contribution in [2.45, 2.75) is 59.2 Å². The summed E-state index contributed by atoms with van der Waals surface area (Å²) >= 11 is 0. The topological polar surface area (TPSA) is 69.7 Å². The van der Waals surface area contributed by atoms with Crippen LogP contribution in [0.15, 0.2) is 34.9 Å². The molecule has 0 radical (unpaired) electrons. The molecule has 5 nitrogen and oxygen atoms in total. The van der Waals surface area contributed by atoms with Gasteiger partial charge in [0, 0.05) is 24.0 Å². The highest BCUT2D eigenvalue weighted by molar-refractivity contribution is 5.95. The van der Waals surface area contributed by atoms with Gasteiger partial charge in [0.2, 0.25) is 0 Å². The quantitative estimate of drug-likeness (QED) is 0.437. The Balaban J connectivity index is 2.05. The standard InChI is InChI=1S/C20H24O5/c1-6-10(2)18(22)24-13-9-20(5)14(21)8-7-11(3)16(20)17-15(13)12(4)19(23)25-17/h6,13,15,17H,4,7-9H2,1-3,5H3. The summed E-state index contributed by atoms with van der Waals surface area (Å²) in [6, 6.07) is 0. The number of allylic oxidation sites excluding steroid dienone is 2. The van der Waals surface area contributed by atoms with Crippen LogP contribution in [-0.2, 0) is 23.9 Å². The minimum atomic E-state index is -0.761. The summed E-state index contributed by atoms with van der Waals surface area (Å²) in [6.45, 7) is 11.2. The van der Waals surface area contributed by atoms with Gasteiger partial charge in [0.15, 0.2) is 0 Å². The van der Waals surface area contributed by atoms with E-state index < -0.39 is 35.5 Å². The van der Waals surface area contributed by atoms with Gasteiger partial charge in [0.25, 0.3) is 0 Å². The number of hydrogen-bond donors (Lipinski definition) is 0. The molecule has 0 N–H and O–H groups in total. The smallest absolute Gasteiger partial charge is 0.334 e. The van der Waals surface area contributed by atoms with Gasteiger partial charge in [-0.05, 0) is 39.7 Å². The molecule has 4 atom stereocenters. The van der Waals surface area contributed by atoms with Gasteiger partial charge in [-0.25, -0.2) is 9.59 Å². The Morgan fingerprint density at radius 2 is 2.04 bits per heavy atom. The molecular weight excluding hydrogens is 320 g/mol. The van der Waals surface area contributed by atoms with Crippen LogP contribution in [0.5, 0.6) is 0 Å². The predicted octanol–water partition coefficient (Wildman–Crippen LogP) is 3.05. The molecule has 0 bridgehead atoms. The van der Waals surface area contributed by atoms with Gasteiger partial charge in [-0.2, -0.15) is 0 Å². The first-order valence-electron chi connectivity index (χ1n) is 8.67. The van der Waals surface area contributed by atoms with Gasteiger partial charge in [-0.1, -0.05) is 18.2 Å². The fraction of sp³-hybridized carbons (Fsp3) is 0.550. The summed E-state index contributed by atoms with van der Waals surface area (Å²) in [6.07, 6.45) is 2.02. The van der Waals surface area contributed by atoms with Gasteiger partial charge in [0.05, 0.1) is 11.3 Å². The van der Waals surface area contributed by atoms with Crippen molar-refractivity contribution in [3.63, 3.8) is 0 Å². The van der Waals surface area contributed by atoms with Crippen LogP contribution < -0.4 is 0 Å². The molecule has 3 rings (SSSR count). The lowest BCUT2D eigenvalue weighted by Gasteiger charge is -2.47. The van der Waals surface area contributed by atoms with E-state index in [2.05, 4.69) is 6.58 Å². The molecule has 0 spiro atoms. The molecular formula is C20H24O5. The zero-order valence-corrected chi connectivity index (χ0v) is 15.2. The number of ketones is 1. The van der Waals surface area contributed by atoms with E-state index in [-0.39, 0.29) is 5.78 Å². The molecule has 1 saturated heterocycles. The van der Waals surface area contributed by atoms with Crippen LogP contribution in [-0.4, -0.2) is 29.9 Å². The first-order chi connectivity index (χ1) is 11.7. The van der Waals surface area contributed by atoms with E-state index >= 15 is 0 Å². The van der Waals surface area contributed by atoms with Crippen LogP contribution >= 0.6 is 0 Å². The summed E-state index contributed by atoms with van der Waals surface area (Å²) in [5.41, 5.74) is 2.03. The normalized spacial score (nSPS) is 35.3. The fourth-order valence-electron chi connectivity index (χ4n) is 4.35. The van der Waals surface area contributed by atoms with Gasteiger partial charge < -0.3 is 9.47 Å². The highest BCUT2D eigenvalue weighted by Crippen LogP contribution is 2.54. The summed E-state index contributed by atoms with van der Waals surface area (Å²) in [7, 11) is 0. The van der Waals surface area contributed by atoms with Crippen molar-refractivity contribution in [1.29, 1.82) is 0 Å². The Hall–Kier alpha value is -2.17. The monoisotopic (exact) mass is 344 g/mol. The van der Waals surface area contributed by atoms with Crippen LogP contribution in [0.3, 0.4) is 0 Å². The minimum absolute atomic E-state index is 0.115. The summed E-state index contributed by atoms with van der Waals surface area (Å²) in [4.78, 5) is 37.2. The lowest BCUT2D eigenvalue weighted by molar-refractivity contribution is -0.155. The molecule has 1 aliphatic heterocycles. The highest BCUT2D eigenvalue weighted by Gasteiger charge is 2.59. The van der Waals surface area contributed by atoms with E-state index in [1.165, 1.54) is 0 Å². The predicted molar refractivity (Wildman–Crippen MR) is 91.5 cm³/mol. The molecule has 1 heterocycles. The van der Waals surface area contributed by atoms with E-state index in [1.807, 2.05) is 13.8 Å². The molecule has 0 aromatic heterocycles. The van der Waals surface area contributed by atoms with Crippen LogP contribution in [0.4, 0.5) is 0 Å². The van der Waals surface area contributed by atoms with E-state index in [1.54, 1.807) is 19.9 Å². The maximum absolute atomic E-state index is 12.7. The van der Waals surface area contributed by atoms with Crippen molar-refractivity contribution < 1.29 is 23.9 Å². The maximum Gasteiger partial charge on any atom is 0.334 e. The zero-order valence-electron chi connectivity index (χ0n) is 15.2. The Bertz CT molecular complexity index is 741. The van der Waals surface area contributed by atoms with Crippen LogP contribution in [0.1, 0.15) is 47.0 Å². The van der Waals surface area contributed by atoms with E-state index in [0.717, 1.165) is 11.1 Å². The molecule has 2 aliphatic carbocycles. The van der Waals surface area contributed by atoms with Crippen LogP contribution in [0, 0.1) is 11.3 Å². The SMILES string of the molecule is C=C1C(=O)OC2C3=C(C)CCC(=O)C3(C)CC(OC(=O)C(C)=CC)C12. The molecule has 2 fully saturated rings. The molecule has 0 aromatic rings. The molecule has 134 valence electrons. The van der Waals surface area contributed by atoms with E-state index in [0.29, 0.717) is 30.4 Å². The number of fused-ring (bicyclic) bond motifs is 3. The second-order valence-corrected chi connectivity index (χ2v) is 7.45. The Morgan fingerprint density at radius 3 is 2.68 bits per heavy atom. The number of carbonyl (C=O) groups is 3. The van der Waals surface area contributed by atoms with E-state index in [9.17, 15) is 14.4 Å². The number of esters is 2. The number of rotatable bonds is 2. The number of Topliss-reactive ketones (excluding diaryl/α,β-unsaturated/α-hetero) is 1. The van der Waals surface area contributed by atoms with Crippen molar-refractivity contribution in [1.82, 2.24) is 0 Å². The average Bonchev–Trinajstić information content (AvgIpc) is 2.85. The lowest BCUT2D eigenvalue weighted by atomic mass is 9.58. The zero-order chi connectivity index (χ0) is 18.5. The Morgan fingerprint density at radius 1 is 1.36 bits per heavy atom. The van der Waals surface area contributed by atoms with Crippen molar-refractivity contribution >= 4 is 17.7 Å². The Kier molecular flexibility index (Phi) is 4.21. The molecule has 0 aromatic carbocycles. The van der Waals surface area contributed by atoms with Crippen LogP contribution in [0.25, 0.3) is 0 Å². The highest BCUT2D eigenvalue weighted by atomic mass is 16.6. The van der Waals surface area contributed by atoms with Crippen LogP contribution in [0.2, 0.25) is 0 Å². The fourth-order valence-corrected chi connectivity index (χ4v) is 4.35. The van der Waals surface area contributed by atoms with Crippen molar-refractivity contribution in [3.8, 4) is 0 Å². The first kappa shape index (κ1) is 17.6. The third-order valence-corrected chi connectivity index (χ3v) is 5.93. The van der Waals surface area contributed by atoms with Crippen molar-refractivity contribution in [2.75, 3.05) is 0 Å². The Labute approximate surface area is 147 Å². The largest absolute Gasteiger partial charge is 0.458 e. The maximum atomic E-state index is 12.7. The molecule has 5 heteroatoms. The summed E-state index contributed by atoms with van der Waals surface area (Å²) in [5.74, 6) is -1.22. The summed E-state index contributed by atoms with van der Waals surface area (Å²) < 4.78 is 11.3. The third-order valence-electron chi connectivity index (χ3n) is 5.93. The molecule has 0 amide bonds. The van der Waals surface area contributed by atoms with Gasteiger partial charge in [-0.3, -0.25) is 4.79 Å². The average molecular weight is 344 g/mol. The molecule has 4 unspecified atom stereocenters. The molecule has 25 heavy (non-hydrogen) atoms. The molecule has 1 saturated carbocycles. The second kappa shape index (κ2) is 5.97. The van der Waals surface area contributed by atoms with E-state index in [4.69, 9.17) is 9.47 Å². The van der Waals surface area contributed by atoms with Gasteiger partial charge >= 0.3 is 11.9 Å². The first-order valence-corrected chi connectivity index (χ1v) is 8.67. The van der Waals surface area contributed by atoms with Crippen molar-refractivity contribution in [2.24, 2.45) is 11.3 Å². The lowest BCUT2D eigenvalue weighted by Crippen LogP contribution is -2.51. The molecule has 3 aliphatic rings. The number of hydrogen-bond acceptors (Lipinski definition) is 5. The van der Waals surface area contributed by atoms with Gasteiger partial charge in [-0.15, -0.1) is 0 Å². The summed E-state index contributed by atoms with van der Waals surface area (Å²) in [5, 5.41) is 0. The van der Waals surface area contributed by atoms with Crippen molar-refractivity contribution in [3.05, 3.63) is 34.9 Å². The second-order valence-electron chi connectivity index (χ2n) is 7.45. The number of ether oxygens (including phenoxy) is 2. The minimum Gasteiger partial charge on any atom is -0.458 e. The third kappa shape index (κ3) is 2.57. The number of carbonyl (C=O) groups excluding carboxylic acids is 3. The van der Waals surface area contributed by atoms with Gasteiger partial charge in [0.1, 0.15) is 18.0 Å².